The van der Waals surface area contributed by atoms with Crippen LogP contribution in [0.4, 0.5) is 0 Å². The zero-order valence-corrected chi connectivity index (χ0v) is 9.90. The van der Waals surface area contributed by atoms with Gasteiger partial charge in [-0.15, -0.1) is 6.58 Å². The van der Waals surface area contributed by atoms with E-state index in [1.54, 1.807) is 6.08 Å². The van der Waals surface area contributed by atoms with Crippen LogP contribution >= 0.6 is 0 Å². The van der Waals surface area contributed by atoms with Gasteiger partial charge in [0.1, 0.15) is 11.9 Å². The van der Waals surface area contributed by atoms with Gasteiger partial charge < -0.3 is 14.6 Å². The molecule has 0 heterocycles. The molecular weight excluding hydrogens is 208 g/mol. The monoisotopic (exact) mass is 226 g/mol. The summed E-state index contributed by atoms with van der Waals surface area (Å²) >= 11 is 0. The number of carbonyl (C=O) groups excluding carboxylic acids is 1. The predicted octanol–water partition coefficient (Wildman–Crippen LogP) is 1.26. The minimum atomic E-state index is -1.04. The van der Waals surface area contributed by atoms with Crippen LogP contribution in [-0.4, -0.2) is 31.2 Å². The van der Waals surface area contributed by atoms with Crippen LogP contribution < -0.4 is 0 Å². The van der Waals surface area contributed by atoms with Gasteiger partial charge in [0.2, 0.25) is 11.5 Å². The average molecular weight is 226 g/mol. The Bertz CT molecular complexity index is 319. The third-order valence-corrected chi connectivity index (χ3v) is 3.04. The van der Waals surface area contributed by atoms with E-state index in [1.165, 1.54) is 14.2 Å². The van der Waals surface area contributed by atoms with Gasteiger partial charge >= 0.3 is 0 Å². The van der Waals surface area contributed by atoms with Crippen LogP contribution in [0.2, 0.25) is 0 Å². The lowest BCUT2D eigenvalue weighted by atomic mass is 9.78. The second-order valence-electron chi connectivity index (χ2n) is 3.89. The van der Waals surface area contributed by atoms with Gasteiger partial charge in [0.25, 0.3) is 0 Å². The van der Waals surface area contributed by atoms with E-state index in [-0.39, 0.29) is 17.6 Å². The summed E-state index contributed by atoms with van der Waals surface area (Å²) in [6.07, 6.45) is 1.22. The molecule has 0 aromatic heterocycles. The molecule has 0 aliphatic heterocycles. The zero-order valence-electron chi connectivity index (χ0n) is 9.90. The molecule has 1 N–H and O–H groups in total. The van der Waals surface area contributed by atoms with Crippen LogP contribution in [-0.2, 0) is 14.3 Å². The van der Waals surface area contributed by atoms with Crippen molar-refractivity contribution >= 4 is 5.78 Å². The number of hydrogen-bond donors (Lipinski definition) is 1. The summed E-state index contributed by atoms with van der Waals surface area (Å²) in [5.41, 5.74) is 0. The minimum absolute atomic E-state index is 0.0642. The van der Waals surface area contributed by atoms with Crippen LogP contribution in [0.15, 0.2) is 24.2 Å². The third-order valence-electron chi connectivity index (χ3n) is 3.04. The highest BCUT2D eigenvalue weighted by Gasteiger charge is 2.42. The number of aliphatic hydroxyl groups excluding tert-OH is 1. The SMILES string of the molecule is C=CCC1C(C)C(OC)=C(OC)C(=O)C1O. The fraction of sp³-hybridized carbons (Fsp3) is 0.583. The Hall–Kier alpha value is -1.29. The fourth-order valence-corrected chi connectivity index (χ4v) is 2.13. The molecule has 0 aromatic carbocycles. The van der Waals surface area contributed by atoms with Crippen LogP contribution in [0.5, 0.6) is 0 Å². The Morgan fingerprint density at radius 2 is 2.06 bits per heavy atom. The molecule has 0 fully saturated rings. The molecule has 3 unspecified atom stereocenters. The summed E-state index contributed by atoms with van der Waals surface area (Å²) in [5, 5.41) is 9.89. The molecule has 1 rings (SSSR count). The number of Topliss-reactive ketones (excluding diaryl/α,β-unsaturated/α-hetero) is 1. The van der Waals surface area contributed by atoms with Crippen molar-refractivity contribution in [1.29, 1.82) is 0 Å². The van der Waals surface area contributed by atoms with Crippen molar-refractivity contribution in [3.63, 3.8) is 0 Å². The normalized spacial score (nSPS) is 30.2. The molecule has 90 valence electrons. The molecule has 3 atom stereocenters. The van der Waals surface area contributed by atoms with E-state index in [9.17, 15) is 9.90 Å². The number of ketones is 1. The maximum atomic E-state index is 11.8. The van der Waals surface area contributed by atoms with Gasteiger partial charge in [-0.3, -0.25) is 4.79 Å². The van der Waals surface area contributed by atoms with Gasteiger partial charge in [0.15, 0.2) is 0 Å². The first kappa shape index (κ1) is 12.8. The second-order valence-corrected chi connectivity index (χ2v) is 3.89. The van der Waals surface area contributed by atoms with Gasteiger partial charge in [0, 0.05) is 11.8 Å². The van der Waals surface area contributed by atoms with Gasteiger partial charge in [-0.1, -0.05) is 13.0 Å². The van der Waals surface area contributed by atoms with E-state index in [0.717, 1.165) is 0 Å². The lowest BCUT2D eigenvalue weighted by Crippen LogP contribution is -2.41. The van der Waals surface area contributed by atoms with Gasteiger partial charge in [-0.05, 0) is 6.42 Å². The standard InChI is InChI=1S/C12H18O4/c1-5-6-8-7(2)11(15-3)12(16-4)10(14)9(8)13/h5,7-9,13H,1,6H2,2-4H3. The molecular formula is C12H18O4. The van der Waals surface area contributed by atoms with Crippen LogP contribution in [0.25, 0.3) is 0 Å². The van der Waals surface area contributed by atoms with Crippen molar-refractivity contribution in [3.05, 3.63) is 24.2 Å². The van der Waals surface area contributed by atoms with Crippen molar-refractivity contribution in [2.45, 2.75) is 19.4 Å². The Morgan fingerprint density at radius 3 is 2.50 bits per heavy atom. The first-order valence-corrected chi connectivity index (χ1v) is 5.23. The Balaban J connectivity index is 3.13. The molecule has 4 heteroatoms. The number of hydrogen-bond acceptors (Lipinski definition) is 4. The summed E-state index contributed by atoms with van der Waals surface area (Å²) < 4.78 is 10.2. The average Bonchev–Trinajstić information content (AvgIpc) is 2.29. The number of allylic oxidation sites excluding steroid dienone is 2. The summed E-state index contributed by atoms with van der Waals surface area (Å²) in [6.45, 7) is 5.53. The molecule has 1 aliphatic rings. The lowest BCUT2D eigenvalue weighted by molar-refractivity contribution is -0.133. The third kappa shape index (κ3) is 1.97. The van der Waals surface area contributed by atoms with E-state index in [2.05, 4.69) is 6.58 Å². The maximum Gasteiger partial charge on any atom is 0.229 e. The number of carbonyl (C=O) groups is 1. The molecule has 0 saturated heterocycles. The molecule has 0 aromatic rings. The fourth-order valence-electron chi connectivity index (χ4n) is 2.13. The molecule has 4 nitrogen and oxygen atoms in total. The van der Waals surface area contributed by atoms with E-state index in [1.807, 2.05) is 6.92 Å². The molecule has 16 heavy (non-hydrogen) atoms. The van der Waals surface area contributed by atoms with Crippen molar-refractivity contribution < 1.29 is 19.4 Å². The van der Waals surface area contributed by atoms with Gasteiger partial charge in [-0.25, -0.2) is 0 Å². The predicted molar refractivity (Wildman–Crippen MR) is 59.5 cm³/mol. The van der Waals surface area contributed by atoms with Crippen LogP contribution in [0.3, 0.4) is 0 Å². The van der Waals surface area contributed by atoms with Crippen molar-refractivity contribution in [3.8, 4) is 0 Å². The van der Waals surface area contributed by atoms with Crippen molar-refractivity contribution in [1.82, 2.24) is 0 Å². The lowest BCUT2D eigenvalue weighted by Gasteiger charge is -2.33. The number of ether oxygens (including phenoxy) is 2. The van der Waals surface area contributed by atoms with E-state index in [4.69, 9.17) is 9.47 Å². The highest BCUT2D eigenvalue weighted by atomic mass is 16.5. The summed E-state index contributed by atoms with van der Waals surface area (Å²) in [5.74, 6) is -0.0405. The van der Waals surface area contributed by atoms with Crippen LogP contribution in [0, 0.1) is 11.8 Å². The Kier molecular flexibility index (Phi) is 4.12. The van der Waals surface area contributed by atoms with Gasteiger partial charge in [0.05, 0.1) is 14.2 Å². The second kappa shape index (κ2) is 5.16. The Morgan fingerprint density at radius 1 is 1.44 bits per heavy atom. The first-order chi connectivity index (χ1) is 7.58. The topological polar surface area (TPSA) is 55.8 Å². The van der Waals surface area contributed by atoms with Crippen molar-refractivity contribution in [2.75, 3.05) is 14.2 Å². The van der Waals surface area contributed by atoms with E-state index >= 15 is 0 Å². The number of aliphatic hydroxyl groups is 1. The molecule has 0 bridgehead atoms. The van der Waals surface area contributed by atoms with Crippen molar-refractivity contribution in [2.24, 2.45) is 11.8 Å². The molecule has 1 aliphatic carbocycles. The summed E-state index contributed by atoms with van der Waals surface area (Å²) in [7, 11) is 2.90. The highest BCUT2D eigenvalue weighted by molar-refractivity contribution is 5.98. The maximum absolute atomic E-state index is 11.8. The minimum Gasteiger partial charge on any atom is -0.497 e. The quantitative estimate of drug-likeness (QED) is 0.733. The molecule has 0 spiro atoms. The molecule has 0 saturated carbocycles. The Labute approximate surface area is 95.6 Å². The van der Waals surface area contributed by atoms with Crippen LogP contribution in [0.1, 0.15) is 13.3 Å². The number of rotatable bonds is 4. The smallest absolute Gasteiger partial charge is 0.229 e. The largest absolute Gasteiger partial charge is 0.497 e. The zero-order chi connectivity index (χ0) is 12.3. The first-order valence-electron chi connectivity index (χ1n) is 5.23. The molecule has 0 amide bonds. The van der Waals surface area contributed by atoms with Gasteiger partial charge in [-0.2, -0.15) is 0 Å². The van der Waals surface area contributed by atoms with E-state index in [0.29, 0.717) is 12.2 Å². The van der Waals surface area contributed by atoms with E-state index < -0.39 is 11.9 Å². The summed E-state index contributed by atoms with van der Waals surface area (Å²) in [4.78, 5) is 11.8. The highest BCUT2D eigenvalue weighted by Crippen LogP contribution is 2.35. The molecule has 0 radical (unpaired) electrons. The number of methoxy groups -OCH3 is 2. The summed E-state index contributed by atoms with van der Waals surface area (Å²) in [6, 6.07) is 0.